The standard InChI is InChI=1S/C13H13BrF3NO/c1-7-6-18(5-4-9(7)14)13(19)8-2-3-10(15)12(17)11(8)16/h2-3,7,9H,4-6H2,1H3. The van der Waals surface area contributed by atoms with E-state index in [0.29, 0.717) is 17.9 Å². The van der Waals surface area contributed by atoms with Crippen LogP contribution in [0.15, 0.2) is 12.1 Å². The molecule has 2 atom stereocenters. The predicted molar refractivity (Wildman–Crippen MR) is 68.7 cm³/mol. The Morgan fingerprint density at radius 3 is 2.63 bits per heavy atom. The molecule has 0 spiro atoms. The molecular weight excluding hydrogens is 323 g/mol. The Morgan fingerprint density at radius 2 is 2.00 bits per heavy atom. The second-order valence-corrected chi connectivity index (χ2v) is 5.93. The first-order valence-corrected chi connectivity index (χ1v) is 6.90. The largest absolute Gasteiger partial charge is 0.338 e. The summed E-state index contributed by atoms with van der Waals surface area (Å²) in [5.41, 5.74) is -0.417. The first-order chi connectivity index (χ1) is 8.91. The van der Waals surface area contributed by atoms with Gasteiger partial charge in [0.1, 0.15) is 0 Å². The van der Waals surface area contributed by atoms with Gasteiger partial charge in [-0.1, -0.05) is 22.9 Å². The molecule has 0 N–H and O–H groups in total. The predicted octanol–water partition coefficient (Wildman–Crippen LogP) is 3.35. The van der Waals surface area contributed by atoms with Crippen LogP contribution in [0.3, 0.4) is 0 Å². The number of hydrogen-bond acceptors (Lipinski definition) is 1. The van der Waals surface area contributed by atoms with Gasteiger partial charge in [-0.3, -0.25) is 4.79 Å². The maximum absolute atomic E-state index is 13.6. The maximum atomic E-state index is 13.6. The van der Waals surface area contributed by atoms with Crippen molar-refractivity contribution in [2.45, 2.75) is 18.2 Å². The summed E-state index contributed by atoms with van der Waals surface area (Å²) in [6.07, 6.45) is 0.748. The topological polar surface area (TPSA) is 20.3 Å². The van der Waals surface area contributed by atoms with Crippen molar-refractivity contribution in [3.8, 4) is 0 Å². The highest BCUT2D eigenvalue weighted by Gasteiger charge is 2.29. The average molecular weight is 336 g/mol. The summed E-state index contributed by atoms with van der Waals surface area (Å²) in [6.45, 7) is 2.91. The number of nitrogens with zero attached hydrogens (tertiary/aromatic N) is 1. The molecule has 2 nitrogen and oxygen atoms in total. The Kier molecular flexibility index (Phi) is 4.18. The Bertz CT molecular complexity index is 509. The number of alkyl halides is 1. The van der Waals surface area contributed by atoms with Gasteiger partial charge in [0, 0.05) is 17.9 Å². The monoisotopic (exact) mass is 335 g/mol. The molecule has 19 heavy (non-hydrogen) atoms. The molecule has 0 bridgehead atoms. The SMILES string of the molecule is CC1CN(C(=O)c2ccc(F)c(F)c2F)CCC1Br. The van der Waals surface area contributed by atoms with Crippen LogP contribution in [0.4, 0.5) is 13.2 Å². The molecule has 1 aliphatic rings. The molecule has 1 saturated heterocycles. The Hall–Kier alpha value is -1.04. The van der Waals surface area contributed by atoms with Crippen LogP contribution in [0.2, 0.25) is 0 Å². The van der Waals surface area contributed by atoms with Gasteiger partial charge in [-0.25, -0.2) is 13.2 Å². The van der Waals surface area contributed by atoms with Crippen LogP contribution >= 0.6 is 15.9 Å². The van der Waals surface area contributed by atoms with E-state index in [2.05, 4.69) is 15.9 Å². The molecule has 1 aromatic rings. The van der Waals surface area contributed by atoms with E-state index in [0.717, 1.165) is 18.6 Å². The van der Waals surface area contributed by atoms with E-state index in [1.165, 1.54) is 4.90 Å². The third kappa shape index (κ3) is 2.78. The second kappa shape index (κ2) is 5.53. The summed E-state index contributed by atoms with van der Waals surface area (Å²) in [5.74, 6) is -4.68. The Labute approximate surface area is 117 Å². The summed E-state index contributed by atoms with van der Waals surface area (Å²) < 4.78 is 39.5. The van der Waals surface area contributed by atoms with Crippen LogP contribution in [0.1, 0.15) is 23.7 Å². The van der Waals surface area contributed by atoms with Crippen LogP contribution in [0.25, 0.3) is 0 Å². The normalized spacial score (nSPS) is 23.5. The van der Waals surface area contributed by atoms with Crippen molar-refractivity contribution < 1.29 is 18.0 Å². The van der Waals surface area contributed by atoms with E-state index >= 15 is 0 Å². The number of piperidine rings is 1. The van der Waals surface area contributed by atoms with Crippen molar-refractivity contribution in [2.75, 3.05) is 13.1 Å². The summed E-state index contributed by atoms with van der Waals surface area (Å²) >= 11 is 3.50. The number of benzene rings is 1. The Balaban J connectivity index is 2.23. The number of carbonyl (C=O) groups is 1. The highest BCUT2D eigenvalue weighted by atomic mass is 79.9. The van der Waals surface area contributed by atoms with Crippen LogP contribution in [-0.2, 0) is 0 Å². The molecule has 104 valence electrons. The van der Waals surface area contributed by atoms with Gasteiger partial charge in [0.2, 0.25) is 0 Å². The lowest BCUT2D eigenvalue weighted by molar-refractivity contribution is 0.0684. The molecule has 0 radical (unpaired) electrons. The minimum atomic E-state index is -1.60. The van der Waals surface area contributed by atoms with Gasteiger partial charge in [-0.2, -0.15) is 0 Å². The molecule has 0 saturated carbocycles. The minimum absolute atomic E-state index is 0.228. The number of hydrogen-bond donors (Lipinski definition) is 0. The first kappa shape index (κ1) is 14.4. The van der Waals surface area contributed by atoms with Crippen LogP contribution < -0.4 is 0 Å². The fourth-order valence-corrected chi connectivity index (χ4v) is 2.53. The highest BCUT2D eigenvalue weighted by Crippen LogP contribution is 2.25. The van der Waals surface area contributed by atoms with Crippen LogP contribution in [0, 0.1) is 23.4 Å². The number of amides is 1. The summed E-state index contributed by atoms with van der Waals surface area (Å²) in [6, 6.07) is 1.76. The van der Waals surface area contributed by atoms with E-state index in [-0.39, 0.29) is 5.92 Å². The fraction of sp³-hybridized carbons (Fsp3) is 0.462. The zero-order valence-electron chi connectivity index (χ0n) is 10.3. The van der Waals surface area contributed by atoms with Crippen molar-refractivity contribution in [1.82, 2.24) is 4.90 Å². The summed E-state index contributed by atoms with van der Waals surface area (Å²) in [4.78, 5) is 13.9. The van der Waals surface area contributed by atoms with Crippen molar-refractivity contribution in [1.29, 1.82) is 0 Å². The minimum Gasteiger partial charge on any atom is -0.338 e. The van der Waals surface area contributed by atoms with Gasteiger partial charge in [-0.05, 0) is 24.5 Å². The van der Waals surface area contributed by atoms with E-state index in [1.807, 2.05) is 6.92 Å². The zero-order valence-corrected chi connectivity index (χ0v) is 11.9. The summed E-state index contributed by atoms with van der Waals surface area (Å²) in [7, 11) is 0. The molecule has 1 amide bonds. The molecule has 0 aromatic heterocycles. The highest BCUT2D eigenvalue weighted by molar-refractivity contribution is 9.09. The fourth-order valence-electron chi connectivity index (χ4n) is 2.16. The van der Waals surface area contributed by atoms with Gasteiger partial charge >= 0.3 is 0 Å². The molecular formula is C13H13BrF3NO. The van der Waals surface area contributed by atoms with E-state index in [1.54, 1.807) is 0 Å². The van der Waals surface area contributed by atoms with Gasteiger partial charge in [0.25, 0.3) is 5.91 Å². The van der Waals surface area contributed by atoms with E-state index in [9.17, 15) is 18.0 Å². The number of carbonyl (C=O) groups excluding carboxylic acids is 1. The van der Waals surface area contributed by atoms with Gasteiger partial charge in [-0.15, -0.1) is 0 Å². The van der Waals surface area contributed by atoms with Crippen molar-refractivity contribution in [3.05, 3.63) is 35.1 Å². The van der Waals surface area contributed by atoms with Crippen molar-refractivity contribution in [2.24, 2.45) is 5.92 Å². The van der Waals surface area contributed by atoms with Crippen molar-refractivity contribution in [3.63, 3.8) is 0 Å². The third-order valence-electron chi connectivity index (χ3n) is 3.35. The lowest BCUT2D eigenvalue weighted by Gasteiger charge is -2.34. The van der Waals surface area contributed by atoms with Gasteiger partial charge in [0.05, 0.1) is 5.56 Å². The van der Waals surface area contributed by atoms with Gasteiger partial charge < -0.3 is 4.90 Å². The molecule has 1 aliphatic heterocycles. The van der Waals surface area contributed by atoms with E-state index in [4.69, 9.17) is 0 Å². The number of rotatable bonds is 1. The van der Waals surface area contributed by atoms with Crippen molar-refractivity contribution >= 4 is 21.8 Å². The zero-order chi connectivity index (χ0) is 14.2. The second-order valence-electron chi connectivity index (χ2n) is 4.76. The molecule has 1 heterocycles. The van der Waals surface area contributed by atoms with Crippen LogP contribution in [0.5, 0.6) is 0 Å². The lowest BCUT2D eigenvalue weighted by Crippen LogP contribution is -2.43. The third-order valence-corrected chi connectivity index (χ3v) is 4.71. The number of likely N-dealkylation sites (tertiary alicyclic amines) is 1. The molecule has 1 fully saturated rings. The molecule has 2 unspecified atom stereocenters. The maximum Gasteiger partial charge on any atom is 0.256 e. The average Bonchev–Trinajstić information content (AvgIpc) is 2.39. The molecule has 2 rings (SSSR count). The smallest absolute Gasteiger partial charge is 0.256 e. The summed E-state index contributed by atoms with van der Waals surface area (Å²) in [5, 5.41) is 0. The quantitative estimate of drug-likeness (QED) is 0.569. The first-order valence-electron chi connectivity index (χ1n) is 5.98. The number of halogens is 4. The molecule has 1 aromatic carbocycles. The van der Waals surface area contributed by atoms with Crippen LogP contribution in [-0.4, -0.2) is 28.7 Å². The molecule has 0 aliphatic carbocycles. The Morgan fingerprint density at radius 1 is 1.32 bits per heavy atom. The van der Waals surface area contributed by atoms with Gasteiger partial charge in [0.15, 0.2) is 17.5 Å². The molecule has 6 heteroatoms. The lowest BCUT2D eigenvalue weighted by atomic mass is 9.99. The van der Waals surface area contributed by atoms with E-state index < -0.39 is 28.9 Å².